The number of carbonyl (C=O) groups excluding carboxylic acids is 2. The van der Waals surface area contributed by atoms with E-state index in [4.69, 9.17) is 0 Å². The Morgan fingerprint density at radius 2 is 1.84 bits per heavy atom. The minimum absolute atomic E-state index is 0.0728. The van der Waals surface area contributed by atoms with Crippen molar-refractivity contribution in [3.8, 4) is 0 Å². The van der Waals surface area contributed by atoms with E-state index in [0.29, 0.717) is 5.56 Å². The molecule has 6 heteroatoms. The summed E-state index contributed by atoms with van der Waals surface area (Å²) in [5.41, 5.74) is 0.0338. The van der Waals surface area contributed by atoms with Gasteiger partial charge in [-0.25, -0.2) is 0 Å². The van der Waals surface area contributed by atoms with E-state index in [1.807, 2.05) is 13.8 Å². The molecule has 0 spiro atoms. The van der Waals surface area contributed by atoms with E-state index in [9.17, 15) is 14.4 Å². The van der Waals surface area contributed by atoms with Gasteiger partial charge in [-0.3, -0.25) is 14.4 Å². The molecule has 6 nitrogen and oxygen atoms in total. The van der Waals surface area contributed by atoms with Gasteiger partial charge in [0.05, 0.1) is 5.56 Å². The number of amides is 2. The second-order valence-corrected chi connectivity index (χ2v) is 3.75. The molecule has 1 N–H and O–H groups in total. The first-order chi connectivity index (χ1) is 8.95. The number of carbonyl (C=O) groups is 2. The van der Waals surface area contributed by atoms with Crippen LogP contribution in [0.5, 0.6) is 0 Å². The Morgan fingerprint density at radius 3 is 2.32 bits per heavy atom. The summed E-state index contributed by atoms with van der Waals surface area (Å²) in [4.78, 5) is 35.7. The van der Waals surface area contributed by atoms with Gasteiger partial charge in [0.2, 0.25) is 5.91 Å². The molecule has 0 unspecified atom stereocenters. The molecule has 1 rings (SSSR count). The van der Waals surface area contributed by atoms with E-state index >= 15 is 0 Å². The summed E-state index contributed by atoms with van der Waals surface area (Å²) >= 11 is 0. The van der Waals surface area contributed by atoms with Crippen LogP contribution in [0.3, 0.4) is 0 Å². The molecule has 0 fully saturated rings. The van der Waals surface area contributed by atoms with E-state index in [-0.39, 0.29) is 23.9 Å². The van der Waals surface area contributed by atoms with E-state index in [0.717, 1.165) is 0 Å². The third kappa shape index (κ3) is 4.95. The highest BCUT2D eigenvalue weighted by Crippen LogP contribution is 1.96. The summed E-state index contributed by atoms with van der Waals surface area (Å²) in [6.07, 6.45) is 1.38. The van der Waals surface area contributed by atoms with Crippen LogP contribution in [0, 0.1) is 0 Å². The molecule has 0 bridgehead atoms. The van der Waals surface area contributed by atoms with Crippen LogP contribution >= 0.6 is 0 Å². The number of nitrogens with one attached hydrogen (secondary N) is 1. The average Bonchev–Trinajstić information content (AvgIpc) is 2.42. The molecule has 19 heavy (non-hydrogen) atoms. The van der Waals surface area contributed by atoms with Crippen LogP contribution in [-0.4, -0.2) is 42.4 Å². The zero-order valence-corrected chi connectivity index (χ0v) is 12.1. The molecule has 0 aliphatic carbocycles. The lowest BCUT2D eigenvalue weighted by molar-refractivity contribution is -0.129. The van der Waals surface area contributed by atoms with Gasteiger partial charge in [0.25, 0.3) is 11.5 Å². The number of hydrogen-bond donors (Lipinski definition) is 1. The van der Waals surface area contributed by atoms with Crippen molar-refractivity contribution < 1.29 is 9.59 Å². The minimum atomic E-state index is -0.312. The maximum Gasteiger partial charge on any atom is 0.252 e. The van der Waals surface area contributed by atoms with Crippen molar-refractivity contribution >= 4 is 11.8 Å². The summed E-state index contributed by atoms with van der Waals surface area (Å²) in [5, 5.41) is 2.45. The third-order valence-corrected chi connectivity index (χ3v) is 2.28. The average molecular weight is 267 g/mol. The zero-order valence-electron chi connectivity index (χ0n) is 12.1. The second kappa shape index (κ2) is 8.07. The van der Waals surface area contributed by atoms with E-state index in [1.54, 1.807) is 14.1 Å². The molecule has 2 amide bonds. The predicted octanol–water partition coefficient (Wildman–Crippen LogP) is 0.322. The maximum atomic E-state index is 11.5. The van der Waals surface area contributed by atoms with Crippen LogP contribution in [0.2, 0.25) is 0 Å². The Hall–Kier alpha value is -2.11. The van der Waals surface area contributed by atoms with Crippen LogP contribution in [0.4, 0.5) is 0 Å². The lowest BCUT2D eigenvalue weighted by Crippen LogP contribution is -2.32. The van der Waals surface area contributed by atoms with Gasteiger partial charge >= 0.3 is 0 Å². The summed E-state index contributed by atoms with van der Waals surface area (Å²) in [5.74, 6) is -0.503. The fourth-order valence-electron chi connectivity index (χ4n) is 1.22. The van der Waals surface area contributed by atoms with Gasteiger partial charge in [-0.1, -0.05) is 13.8 Å². The first kappa shape index (κ1) is 16.9. The van der Waals surface area contributed by atoms with Crippen LogP contribution < -0.4 is 10.9 Å². The van der Waals surface area contributed by atoms with Gasteiger partial charge in [0, 0.05) is 33.4 Å². The van der Waals surface area contributed by atoms with Crippen molar-refractivity contribution in [2.45, 2.75) is 20.4 Å². The number of rotatable bonds is 3. The molecule has 106 valence electrons. The monoisotopic (exact) mass is 267 g/mol. The molecule has 1 aromatic heterocycles. The van der Waals surface area contributed by atoms with Crippen molar-refractivity contribution in [3.63, 3.8) is 0 Å². The normalized spacial score (nSPS) is 9.11. The largest absolute Gasteiger partial charge is 0.355 e. The van der Waals surface area contributed by atoms with Crippen LogP contribution in [0.15, 0.2) is 23.1 Å². The Bertz CT molecular complexity index is 492. The first-order valence-corrected chi connectivity index (χ1v) is 6.08. The van der Waals surface area contributed by atoms with Crippen LogP contribution in [-0.2, 0) is 11.3 Å². The fraction of sp³-hybridized carbons (Fsp3) is 0.462. The highest BCUT2D eigenvalue weighted by atomic mass is 16.2. The van der Waals surface area contributed by atoms with Crippen molar-refractivity contribution in [3.05, 3.63) is 34.2 Å². The smallest absolute Gasteiger partial charge is 0.252 e. The molecule has 0 saturated carbocycles. The molecule has 0 aliphatic rings. The van der Waals surface area contributed by atoms with Crippen molar-refractivity contribution in [2.75, 3.05) is 21.1 Å². The SMILES string of the molecule is CC.CNC(=O)c1ccc(=O)n(CC(=O)N(C)C)c1. The molecule has 0 aromatic carbocycles. The van der Waals surface area contributed by atoms with Gasteiger partial charge in [-0.15, -0.1) is 0 Å². The van der Waals surface area contributed by atoms with E-state index in [1.165, 1.54) is 34.8 Å². The van der Waals surface area contributed by atoms with E-state index in [2.05, 4.69) is 5.32 Å². The Kier molecular flexibility index (Phi) is 7.18. The summed E-state index contributed by atoms with van der Waals surface area (Å²) in [7, 11) is 4.72. The highest BCUT2D eigenvalue weighted by Gasteiger charge is 2.09. The Morgan fingerprint density at radius 1 is 1.26 bits per heavy atom. The molecule has 0 radical (unpaired) electrons. The molecule has 1 heterocycles. The van der Waals surface area contributed by atoms with Gasteiger partial charge in [-0.2, -0.15) is 0 Å². The van der Waals surface area contributed by atoms with Gasteiger partial charge in [0.1, 0.15) is 6.54 Å². The topological polar surface area (TPSA) is 71.4 Å². The lowest BCUT2D eigenvalue weighted by atomic mass is 10.2. The highest BCUT2D eigenvalue weighted by molar-refractivity contribution is 5.93. The lowest BCUT2D eigenvalue weighted by Gasteiger charge is -2.12. The predicted molar refractivity (Wildman–Crippen MR) is 74.1 cm³/mol. The van der Waals surface area contributed by atoms with Gasteiger partial charge in [-0.05, 0) is 6.07 Å². The summed E-state index contributed by atoms with van der Waals surface area (Å²) < 4.78 is 1.22. The quantitative estimate of drug-likeness (QED) is 0.857. The van der Waals surface area contributed by atoms with Crippen molar-refractivity contribution in [1.29, 1.82) is 0 Å². The first-order valence-electron chi connectivity index (χ1n) is 6.08. The summed E-state index contributed by atoms with van der Waals surface area (Å²) in [6, 6.07) is 2.70. The molecule has 1 aromatic rings. The number of hydrogen-bond acceptors (Lipinski definition) is 3. The molecule has 0 atom stereocenters. The van der Waals surface area contributed by atoms with Crippen LogP contribution in [0.25, 0.3) is 0 Å². The minimum Gasteiger partial charge on any atom is -0.355 e. The second-order valence-electron chi connectivity index (χ2n) is 3.75. The Balaban J connectivity index is 0.00000154. The zero-order chi connectivity index (χ0) is 15.0. The fourth-order valence-corrected chi connectivity index (χ4v) is 1.22. The maximum absolute atomic E-state index is 11.5. The molecule has 0 saturated heterocycles. The molecular weight excluding hydrogens is 246 g/mol. The van der Waals surface area contributed by atoms with E-state index < -0.39 is 0 Å². The van der Waals surface area contributed by atoms with Crippen molar-refractivity contribution in [1.82, 2.24) is 14.8 Å². The molecular formula is C13H21N3O3. The Labute approximate surface area is 113 Å². The van der Waals surface area contributed by atoms with Gasteiger partial charge < -0.3 is 14.8 Å². The number of nitrogens with zero attached hydrogens (tertiary/aromatic N) is 2. The number of likely N-dealkylation sites (N-methyl/N-ethyl adjacent to an activating group) is 1. The number of pyridine rings is 1. The van der Waals surface area contributed by atoms with Gasteiger partial charge in [0.15, 0.2) is 0 Å². The summed E-state index contributed by atoms with van der Waals surface area (Å²) in [6.45, 7) is 3.93. The molecule has 0 aliphatic heterocycles. The third-order valence-electron chi connectivity index (χ3n) is 2.28. The van der Waals surface area contributed by atoms with Crippen LogP contribution in [0.1, 0.15) is 24.2 Å². The standard InChI is InChI=1S/C11H15N3O3.C2H6/c1-12-11(17)8-4-5-9(15)14(6-8)7-10(16)13(2)3;1-2/h4-6H,7H2,1-3H3,(H,12,17);1-2H3. The number of aromatic nitrogens is 1. The van der Waals surface area contributed by atoms with Crippen molar-refractivity contribution in [2.24, 2.45) is 0 Å².